The quantitative estimate of drug-likeness (QED) is 0.471. The van der Waals surface area contributed by atoms with E-state index >= 15 is 0 Å². The SMILES string of the molecule is Cc1ccc(OC[C@H]2c3ccsc3CCN2C(=O)CN(CC(C)C)C(=O)c2ccco2)cc1. The van der Waals surface area contributed by atoms with Crippen LogP contribution < -0.4 is 4.74 Å². The summed E-state index contributed by atoms with van der Waals surface area (Å²) in [5.74, 6) is 0.918. The van der Waals surface area contributed by atoms with Crippen LogP contribution in [0.5, 0.6) is 5.75 Å². The predicted octanol–water partition coefficient (Wildman–Crippen LogP) is 4.95. The van der Waals surface area contributed by atoms with Crippen molar-refractivity contribution in [2.45, 2.75) is 33.2 Å². The molecule has 1 aromatic carbocycles. The highest BCUT2D eigenvalue weighted by Gasteiger charge is 2.34. The van der Waals surface area contributed by atoms with Gasteiger partial charge < -0.3 is 19.0 Å². The summed E-state index contributed by atoms with van der Waals surface area (Å²) in [5.41, 5.74) is 2.31. The standard InChI is InChI=1S/C26H30N2O4S/c1-18(2)15-27(26(30)23-5-4-13-31-23)16-25(29)28-12-10-24-21(11-14-33-24)22(28)17-32-20-8-6-19(3)7-9-20/h4-9,11,13-14,18,22H,10,12,15-17H2,1-3H3/t22-/m0/s1. The van der Waals surface area contributed by atoms with Crippen molar-refractivity contribution < 1.29 is 18.7 Å². The topological polar surface area (TPSA) is 63.0 Å². The minimum Gasteiger partial charge on any atom is -0.491 e. The fourth-order valence-corrected chi connectivity index (χ4v) is 5.08. The van der Waals surface area contributed by atoms with Crippen LogP contribution in [0.25, 0.3) is 0 Å². The van der Waals surface area contributed by atoms with Gasteiger partial charge in [-0.25, -0.2) is 0 Å². The molecule has 0 N–H and O–H groups in total. The average molecular weight is 467 g/mol. The van der Waals surface area contributed by atoms with Crippen LogP contribution >= 0.6 is 11.3 Å². The zero-order valence-corrected chi connectivity index (χ0v) is 20.1. The number of thiophene rings is 1. The minimum atomic E-state index is -0.261. The Labute approximate surface area is 198 Å². The lowest BCUT2D eigenvalue weighted by Crippen LogP contribution is -2.48. The summed E-state index contributed by atoms with van der Waals surface area (Å²) in [6, 6.07) is 13.1. The van der Waals surface area contributed by atoms with Crippen LogP contribution in [-0.4, -0.2) is 47.9 Å². The van der Waals surface area contributed by atoms with Crippen LogP contribution in [0.3, 0.4) is 0 Å². The van der Waals surface area contributed by atoms with Gasteiger partial charge in [-0.1, -0.05) is 31.5 Å². The highest BCUT2D eigenvalue weighted by molar-refractivity contribution is 7.10. The lowest BCUT2D eigenvalue weighted by Gasteiger charge is -2.37. The number of hydrogen-bond acceptors (Lipinski definition) is 5. The smallest absolute Gasteiger partial charge is 0.290 e. The van der Waals surface area contributed by atoms with Crippen molar-refractivity contribution in [1.82, 2.24) is 9.80 Å². The van der Waals surface area contributed by atoms with E-state index in [0.29, 0.717) is 19.7 Å². The van der Waals surface area contributed by atoms with Crippen LogP contribution in [0.1, 0.15) is 46.4 Å². The number of hydrogen-bond donors (Lipinski definition) is 0. The molecule has 0 aliphatic carbocycles. The van der Waals surface area contributed by atoms with E-state index in [1.165, 1.54) is 16.7 Å². The number of furan rings is 1. The molecule has 33 heavy (non-hydrogen) atoms. The Hall–Kier alpha value is -3.06. The van der Waals surface area contributed by atoms with Gasteiger partial charge in [0.05, 0.1) is 12.3 Å². The minimum absolute atomic E-state index is 0.0121. The maximum absolute atomic E-state index is 13.5. The van der Waals surface area contributed by atoms with E-state index in [0.717, 1.165) is 17.7 Å². The lowest BCUT2D eigenvalue weighted by atomic mass is 10.00. The summed E-state index contributed by atoms with van der Waals surface area (Å²) in [4.78, 5) is 31.2. The maximum atomic E-state index is 13.5. The Morgan fingerprint density at radius 3 is 2.70 bits per heavy atom. The highest BCUT2D eigenvalue weighted by Crippen LogP contribution is 2.34. The van der Waals surface area contributed by atoms with Gasteiger partial charge in [-0.2, -0.15) is 0 Å². The van der Waals surface area contributed by atoms with Gasteiger partial charge in [0.1, 0.15) is 18.9 Å². The van der Waals surface area contributed by atoms with Gasteiger partial charge in [0, 0.05) is 18.0 Å². The third kappa shape index (κ3) is 5.47. The Balaban J connectivity index is 1.52. The monoisotopic (exact) mass is 466 g/mol. The van der Waals surface area contributed by atoms with Gasteiger partial charge in [0.25, 0.3) is 5.91 Å². The molecule has 3 aromatic rings. The second kappa shape index (κ2) is 10.3. The van der Waals surface area contributed by atoms with E-state index < -0.39 is 0 Å². The number of fused-ring (bicyclic) bond motifs is 1. The van der Waals surface area contributed by atoms with Crippen LogP contribution in [0.15, 0.2) is 58.5 Å². The van der Waals surface area contributed by atoms with Crippen LogP contribution in [0.4, 0.5) is 0 Å². The first-order valence-electron chi connectivity index (χ1n) is 11.3. The Kier molecular flexibility index (Phi) is 7.18. The Morgan fingerprint density at radius 2 is 2.00 bits per heavy atom. The van der Waals surface area contributed by atoms with Crippen LogP contribution in [0, 0.1) is 12.8 Å². The van der Waals surface area contributed by atoms with Crippen molar-refractivity contribution in [2.75, 3.05) is 26.2 Å². The molecule has 0 fully saturated rings. The number of carbonyl (C=O) groups excluding carboxylic acids is 2. The summed E-state index contributed by atoms with van der Waals surface area (Å²) < 4.78 is 11.4. The molecule has 1 atom stereocenters. The molecule has 0 bridgehead atoms. The van der Waals surface area contributed by atoms with Crippen LogP contribution in [-0.2, 0) is 11.2 Å². The van der Waals surface area contributed by atoms with E-state index in [2.05, 4.69) is 11.4 Å². The van der Waals surface area contributed by atoms with Gasteiger partial charge in [0.15, 0.2) is 5.76 Å². The molecule has 4 rings (SSSR count). The summed E-state index contributed by atoms with van der Waals surface area (Å²) in [6.07, 6.45) is 2.29. The molecule has 0 saturated carbocycles. The number of rotatable bonds is 8. The molecule has 0 spiro atoms. The molecular weight excluding hydrogens is 436 g/mol. The molecule has 0 unspecified atom stereocenters. The largest absolute Gasteiger partial charge is 0.491 e. The normalized spacial score (nSPS) is 15.4. The van der Waals surface area contributed by atoms with E-state index in [-0.39, 0.29) is 36.1 Å². The van der Waals surface area contributed by atoms with Gasteiger partial charge in [-0.15, -0.1) is 11.3 Å². The van der Waals surface area contributed by atoms with E-state index in [1.54, 1.807) is 28.4 Å². The fourth-order valence-electron chi connectivity index (χ4n) is 4.15. The van der Waals surface area contributed by atoms with E-state index in [1.807, 2.05) is 49.9 Å². The number of amides is 2. The second-order valence-electron chi connectivity index (χ2n) is 8.83. The third-order valence-corrected chi connectivity index (χ3v) is 6.77. The van der Waals surface area contributed by atoms with Gasteiger partial charge in [-0.05, 0) is 60.5 Å². The first-order chi connectivity index (χ1) is 15.9. The zero-order valence-electron chi connectivity index (χ0n) is 19.3. The molecule has 3 heterocycles. The van der Waals surface area contributed by atoms with Crippen molar-refractivity contribution in [1.29, 1.82) is 0 Å². The molecule has 1 aliphatic heterocycles. The summed E-state index contributed by atoms with van der Waals surface area (Å²) >= 11 is 1.72. The molecule has 0 saturated heterocycles. The predicted molar refractivity (Wildman–Crippen MR) is 129 cm³/mol. The molecule has 7 heteroatoms. The van der Waals surface area contributed by atoms with E-state index in [4.69, 9.17) is 9.15 Å². The van der Waals surface area contributed by atoms with E-state index in [9.17, 15) is 9.59 Å². The van der Waals surface area contributed by atoms with Gasteiger partial charge >= 0.3 is 0 Å². The third-order valence-electron chi connectivity index (χ3n) is 5.77. The summed E-state index contributed by atoms with van der Waals surface area (Å²) in [7, 11) is 0. The Morgan fingerprint density at radius 1 is 1.21 bits per heavy atom. The van der Waals surface area contributed by atoms with Crippen molar-refractivity contribution in [2.24, 2.45) is 5.92 Å². The molecule has 174 valence electrons. The first-order valence-corrected chi connectivity index (χ1v) is 12.2. The summed E-state index contributed by atoms with van der Waals surface area (Å²) in [6.45, 7) is 7.57. The number of benzene rings is 1. The first kappa shape index (κ1) is 23.1. The van der Waals surface area contributed by atoms with Crippen molar-refractivity contribution in [3.05, 3.63) is 75.9 Å². The lowest BCUT2D eigenvalue weighted by molar-refractivity contribution is -0.135. The number of ether oxygens (including phenoxy) is 1. The van der Waals surface area contributed by atoms with Crippen molar-refractivity contribution in [3.8, 4) is 5.75 Å². The average Bonchev–Trinajstić information content (AvgIpc) is 3.49. The molecule has 2 amide bonds. The number of aryl methyl sites for hydroxylation is 1. The fraction of sp³-hybridized carbons (Fsp3) is 0.385. The number of carbonyl (C=O) groups is 2. The number of nitrogens with zero attached hydrogens (tertiary/aromatic N) is 2. The van der Waals surface area contributed by atoms with Gasteiger partial charge in [-0.3, -0.25) is 9.59 Å². The molecule has 2 aromatic heterocycles. The van der Waals surface area contributed by atoms with Gasteiger partial charge in [0.2, 0.25) is 5.91 Å². The molecule has 1 aliphatic rings. The molecule has 0 radical (unpaired) electrons. The van der Waals surface area contributed by atoms with Crippen LogP contribution in [0.2, 0.25) is 0 Å². The second-order valence-corrected chi connectivity index (χ2v) is 9.83. The highest BCUT2D eigenvalue weighted by atomic mass is 32.1. The van der Waals surface area contributed by atoms with Crippen molar-refractivity contribution in [3.63, 3.8) is 0 Å². The Bertz CT molecular complexity index is 1070. The zero-order chi connectivity index (χ0) is 23.4. The summed E-state index contributed by atoms with van der Waals surface area (Å²) in [5, 5.41) is 2.07. The maximum Gasteiger partial charge on any atom is 0.290 e. The molecule has 6 nitrogen and oxygen atoms in total. The molecular formula is C26H30N2O4S. The van der Waals surface area contributed by atoms with Crippen molar-refractivity contribution >= 4 is 23.2 Å².